The number of aromatic nitrogens is 4. The fraction of sp³-hybridized carbons (Fsp3) is 0.492. The summed E-state index contributed by atoms with van der Waals surface area (Å²) < 4.78 is 95.6. The average molecular weight is 1240 g/mol. The zero-order valence-electron chi connectivity index (χ0n) is 46.2. The van der Waals surface area contributed by atoms with Crippen molar-refractivity contribution in [1.82, 2.24) is 40.0 Å². The van der Waals surface area contributed by atoms with Gasteiger partial charge >= 0.3 is 12.4 Å². The third-order valence-corrected chi connectivity index (χ3v) is 22.6. The van der Waals surface area contributed by atoms with Gasteiger partial charge in [0, 0.05) is 120 Å². The van der Waals surface area contributed by atoms with Gasteiger partial charge in [-0.1, -0.05) is 0 Å². The van der Waals surface area contributed by atoms with E-state index < -0.39 is 23.5 Å². The van der Waals surface area contributed by atoms with Gasteiger partial charge in [0.05, 0.1) is 59.7 Å². The summed E-state index contributed by atoms with van der Waals surface area (Å²) in [5.74, 6) is 2.07. The summed E-state index contributed by atoms with van der Waals surface area (Å²) in [4.78, 5) is 57.6. The van der Waals surface area contributed by atoms with E-state index in [2.05, 4.69) is 81.9 Å². The van der Waals surface area contributed by atoms with E-state index in [0.29, 0.717) is 116 Å². The smallest absolute Gasteiger partial charge is 0.377 e. The number of fused-ring (bicyclic) bond motifs is 6. The lowest BCUT2D eigenvalue weighted by atomic mass is 9.88. The standard InChI is InChI=1S/C30H31F3N6O2S2.C29H29F3N6O2S2/c1-37-18-8-19(37)13-38(12-18)17-4-5-23(21(9-17)16-2-3-16)35-29-34-11-22(30(31,32)33)26(36-29)24-10-25-27(43-24)28(40)39(6-7-42-25)20-14-41-15-20;30-29(31,32)21-10-33-28(35-22-4-3-18(8-20(22)15-1-2-15)37-11-16-7-17(12-37)34-16)36-25(21)23-9-24-26(42-23)27(39)38(5-6-41-24)19-13-40-14-19/h4-5,9-11,16,18-20H,2-3,6-8,12-15H2,1H3,(H,34,35,36);3-4,8-10,15-17,19,34H,1-2,5-7,11-14H2,(H,33,35,36). The second-order valence-electron chi connectivity index (χ2n) is 23.7. The number of hydrogen-bond acceptors (Lipinski definition) is 18. The van der Waals surface area contributed by atoms with Crippen LogP contribution in [0.4, 0.5) is 61.0 Å². The second kappa shape index (κ2) is 21.8. The molecule has 6 aromatic rings. The summed E-state index contributed by atoms with van der Waals surface area (Å²) in [6.07, 6.45) is -0.774. The number of piperidine rings is 2. The first-order valence-electron chi connectivity index (χ1n) is 29.0. The molecular formula is C59H60F6N12O4S4. The molecule has 26 heteroatoms. The minimum Gasteiger partial charge on any atom is -0.377 e. The molecule has 2 aromatic carbocycles. The van der Waals surface area contributed by atoms with E-state index in [0.717, 1.165) is 109 Å². The Bertz CT molecular complexity index is 3580. The number of thioether (sulfide) groups is 2. The molecule has 4 atom stereocenters. The van der Waals surface area contributed by atoms with E-state index in [9.17, 15) is 35.9 Å². The number of likely N-dealkylation sites (N-methyl/N-ethyl adjacent to an activating group) is 1. The monoisotopic (exact) mass is 1240 g/mol. The number of halogens is 6. The molecule has 446 valence electrons. The Morgan fingerprint density at radius 2 is 1.02 bits per heavy atom. The van der Waals surface area contributed by atoms with Crippen molar-refractivity contribution in [3.8, 4) is 21.1 Å². The van der Waals surface area contributed by atoms with Gasteiger partial charge in [-0.3, -0.25) is 14.5 Å². The average Bonchev–Trinajstić information content (AvgIpc) is 3.25. The van der Waals surface area contributed by atoms with Crippen LogP contribution in [0.25, 0.3) is 21.1 Å². The van der Waals surface area contributed by atoms with Crippen molar-refractivity contribution >= 4 is 92.7 Å². The third kappa shape index (κ3) is 10.9. The van der Waals surface area contributed by atoms with Crippen molar-refractivity contribution in [2.75, 3.05) is 105 Å². The number of thiophene rings is 2. The number of nitrogens with one attached hydrogen (secondary N) is 3. The van der Waals surface area contributed by atoms with Crippen LogP contribution in [0.1, 0.15) is 92.0 Å². The summed E-state index contributed by atoms with van der Waals surface area (Å²) in [7, 11) is 2.19. The van der Waals surface area contributed by atoms with E-state index in [1.165, 1.54) is 47.7 Å². The van der Waals surface area contributed by atoms with Crippen LogP contribution in [0, 0.1) is 0 Å². The van der Waals surface area contributed by atoms with E-state index in [1.54, 1.807) is 21.9 Å². The first kappa shape index (κ1) is 55.8. The van der Waals surface area contributed by atoms with Gasteiger partial charge in [-0.25, -0.2) is 19.9 Å². The van der Waals surface area contributed by atoms with E-state index >= 15 is 0 Å². The van der Waals surface area contributed by atoms with Crippen LogP contribution < -0.4 is 25.8 Å². The SMILES string of the molecule is CN1C2CC1CN(c1ccc(Nc3ncc(C(F)(F)F)c(-c4cc5c(s4)C(=O)N(C4COC4)CCS5)n3)c(C3CC3)c1)C2.O=C1c2sc(-c3nc(Nc4ccc(N5CC6CC(C5)N6)cc4C4CC4)ncc3C(F)(F)F)cc2SCCN1C1COC1. The lowest BCUT2D eigenvalue weighted by Crippen LogP contribution is -2.67. The number of carbonyl (C=O) groups excluding carboxylic acids is 2. The molecule has 2 saturated carbocycles. The molecule has 3 N–H and O–H groups in total. The maximum atomic E-state index is 14.2. The highest BCUT2D eigenvalue weighted by atomic mass is 32.2. The number of amides is 2. The first-order chi connectivity index (χ1) is 41.0. The van der Waals surface area contributed by atoms with Crippen molar-refractivity contribution in [2.45, 2.75) is 109 Å². The molecule has 0 radical (unpaired) electrons. The molecule has 10 aliphatic heterocycles. The number of piperazine rings is 2. The Balaban J connectivity index is 0.000000144. The van der Waals surface area contributed by atoms with Crippen molar-refractivity contribution in [2.24, 2.45) is 0 Å². The molecule has 14 heterocycles. The van der Waals surface area contributed by atoms with Crippen molar-refractivity contribution in [3.63, 3.8) is 0 Å². The molecule has 8 saturated heterocycles. The highest BCUT2D eigenvalue weighted by Crippen LogP contribution is 2.50. The van der Waals surface area contributed by atoms with Crippen molar-refractivity contribution in [1.29, 1.82) is 0 Å². The Kier molecular flexibility index (Phi) is 14.3. The topological polar surface area (TPSA) is 156 Å². The molecule has 16 nitrogen and oxygen atoms in total. The second-order valence-corrected chi connectivity index (χ2v) is 28.1. The summed E-state index contributed by atoms with van der Waals surface area (Å²) >= 11 is 5.12. The normalized spacial score (nSPS) is 24.2. The Morgan fingerprint density at radius 1 is 0.588 bits per heavy atom. The summed E-state index contributed by atoms with van der Waals surface area (Å²) in [6, 6.07) is 18.3. The molecule has 4 bridgehead atoms. The van der Waals surface area contributed by atoms with Crippen LogP contribution in [-0.4, -0.2) is 167 Å². The van der Waals surface area contributed by atoms with Gasteiger partial charge in [0.2, 0.25) is 11.9 Å². The van der Waals surface area contributed by atoms with Crippen LogP contribution in [0.5, 0.6) is 0 Å². The molecule has 4 unspecified atom stereocenters. The molecule has 2 aliphatic carbocycles. The van der Waals surface area contributed by atoms with Crippen LogP contribution in [0.15, 0.2) is 70.7 Å². The number of rotatable bonds is 12. The lowest BCUT2D eigenvalue weighted by Gasteiger charge is -2.55. The van der Waals surface area contributed by atoms with Crippen LogP contribution in [0.2, 0.25) is 0 Å². The van der Waals surface area contributed by atoms with E-state index in [-0.39, 0.29) is 47.2 Å². The third-order valence-electron chi connectivity index (χ3n) is 18.1. The predicted molar refractivity (Wildman–Crippen MR) is 317 cm³/mol. The molecule has 10 fully saturated rings. The molecule has 85 heavy (non-hydrogen) atoms. The van der Waals surface area contributed by atoms with E-state index in [4.69, 9.17) is 9.47 Å². The van der Waals surface area contributed by atoms with Crippen LogP contribution >= 0.6 is 46.2 Å². The fourth-order valence-corrected chi connectivity index (χ4v) is 17.4. The number of nitrogens with zero attached hydrogens (tertiary/aromatic N) is 9. The van der Waals surface area contributed by atoms with Gasteiger partial charge in [-0.05, 0) is 117 Å². The van der Waals surface area contributed by atoms with E-state index in [1.807, 2.05) is 12.1 Å². The minimum absolute atomic E-state index is 0.0131. The van der Waals surface area contributed by atoms with Gasteiger partial charge in [-0.15, -0.1) is 46.2 Å². The number of ether oxygens (including phenoxy) is 2. The van der Waals surface area contributed by atoms with Crippen molar-refractivity contribution < 1.29 is 45.4 Å². The van der Waals surface area contributed by atoms with Gasteiger partial charge in [0.1, 0.15) is 20.9 Å². The Hall–Kier alpha value is -5.74. The summed E-state index contributed by atoms with van der Waals surface area (Å²) in [5.41, 5.74) is 4.05. The lowest BCUT2D eigenvalue weighted by molar-refractivity contribution is -0.138. The fourth-order valence-electron chi connectivity index (χ4n) is 12.8. The van der Waals surface area contributed by atoms with Crippen molar-refractivity contribution in [3.05, 3.63) is 92.9 Å². The van der Waals surface area contributed by atoms with Gasteiger partial charge in [-0.2, -0.15) is 26.3 Å². The van der Waals surface area contributed by atoms with Crippen LogP contribution in [-0.2, 0) is 21.8 Å². The zero-order valence-corrected chi connectivity index (χ0v) is 49.4. The molecular weight excluding hydrogens is 1180 g/mol. The molecule has 18 rings (SSSR count). The summed E-state index contributed by atoms with van der Waals surface area (Å²) in [6.45, 7) is 7.11. The maximum absolute atomic E-state index is 14.2. The molecule has 12 aliphatic rings. The molecule has 4 aromatic heterocycles. The number of anilines is 6. The highest BCUT2D eigenvalue weighted by molar-refractivity contribution is 7.99. The van der Waals surface area contributed by atoms with Gasteiger partial charge < -0.3 is 45.0 Å². The Labute approximate surface area is 502 Å². The maximum Gasteiger partial charge on any atom is 0.420 e. The minimum atomic E-state index is -4.65. The number of alkyl halides is 6. The molecule has 0 spiro atoms. The van der Waals surface area contributed by atoms with Gasteiger partial charge in [0.15, 0.2) is 0 Å². The number of benzene rings is 2. The van der Waals surface area contributed by atoms with Crippen LogP contribution in [0.3, 0.4) is 0 Å². The first-order valence-corrected chi connectivity index (χ1v) is 32.6. The molecule has 2 amide bonds. The zero-order chi connectivity index (χ0) is 58.0. The Morgan fingerprint density at radius 3 is 1.41 bits per heavy atom. The highest BCUT2D eigenvalue weighted by Gasteiger charge is 2.44. The largest absolute Gasteiger partial charge is 0.420 e. The summed E-state index contributed by atoms with van der Waals surface area (Å²) in [5, 5.41) is 10.1. The van der Waals surface area contributed by atoms with Gasteiger partial charge in [0.25, 0.3) is 11.8 Å². The quantitative estimate of drug-likeness (QED) is 0.0994. The predicted octanol–water partition coefficient (Wildman–Crippen LogP) is 11.0. The number of hydrogen-bond donors (Lipinski definition) is 3. The number of carbonyl (C=O) groups is 2.